The van der Waals surface area contributed by atoms with Crippen LogP contribution in [0.25, 0.3) is 0 Å². The van der Waals surface area contributed by atoms with Crippen LogP contribution in [-0.4, -0.2) is 50.9 Å². The lowest BCUT2D eigenvalue weighted by Gasteiger charge is -2.30. The molecule has 1 N–H and O–H groups in total. The van der Waals surface area contributed by atoms with Crippen molar-refractivity contribution >= 4 is 35.0 Å². The first-order chi connectivity index (χ1) is 14.5. The molecule has 0 radical (unpaired) electrons. The van der Waals surface area contributed by atoms with Crippen LogP contribution in [0.5, 0.6) is 5.75 Å². The number of hydrogen-bond donors (Lipinski definition) is 1. The van der Waals surface area contributed by atoms with Gasteiger partial charge >= 0.3 is 0 Å². The Bertz CT molecular complexity index is 1070. The number of methoxy groups -OCH3 is 1. The summed E-state index contributed by atoms with van der Waals surface area (Å²) in [5, 5.41) is 14.7. The molecule has 10 heteroatoms. The van der Waals surface area contributed by atoms with Gasteiger partial charge in [0.25, 0.3) is 0 Å². The first kappa shape index (κ1) is 19.9. The minimum absolute atomic E-state index is 0.0163. The fourth-order valence-electron chi connectivity index (χ4n) is 3.14. The maximum absolute atomic E-state index is 13.1. The molecule has 154 valence electrons. The quantitative estimate of drug-likeness (QED) is 0.605. The summed E-state index contributed by atoms with van der Waals surface area (Å²) in [4.78, 5) is 26.6. The Morgan fingerprint density at radius 1 is 1.23 bits per heavy atom. The summed E-state index contributed by atoms with van der Waals surface area (Å²) in [7, 11) is 1.62. The number of thioether (sulfide) groups is 1. The minimum Gasteiger partial charge on any atom is -0.497 e. The summed E-state index contributed by atoms with van der Waals surface area (Å²) in [5.41, 5.74) is 2.32. The lowest BCUT2D eigenvalue weighted by molar-refractivity contribution is -0.121. The summed E-state index contributed by atoms with van der Waals surface area (Å²) < 4.78 is 6.82. The molecule has 2 amide bonds. The highest BCUT2D eigenvalue weighted by Gasteiger charge is 2.30. The van der Waals surface area contributed by atoms with Crippen LogP contribution in [0.3, 0.4) is 0 Å². The molecule has 1 aromatic heterocycles. The van der Waals surface area contributed by atoms with E-state index in [9.17, 15) is 9.59 Å². The van der Waals surface area contributed by atoms with Crippen molar-refractivity contribution < 1.29 is 14.3 Å². The Labute approximate surface area is 177 Å². The zero-order valence-corrected chi connectivity index (χ0v) is 17.3. The Balaban J connectivity index is 1.48. The third-order valence-electron chi connectivity index (χ3n) is 4.66. The number of tetrazole rings is 1. The number of para-hydroxylation sites is 2. The molecule has 2 aromatic carbocycles. The summed E-state index contributed by atoms with van der Waals surface area (Å²) >= 11 is 1.26. The maximum Gasteiger partial charge on any atom is 0.244 e. The summed E-state index contributed by atoms with van der Waals surface area (Å²) in [6, 6.07) is 14.9. The van der Waals surface area contributed by atoms with E-state index in [1.54, 1.807) is 24.8 Å². The van der Waals surface area contributed by atoms with Crippen LogP contribution in [0.2, 0.25) is 0 Å². The molecule has 2 heterocycles. The van der Waals surface area contributed by atoms with E-state index in [4.69, 9.17) is 4.74 Å². The Morgan fingerprint density at radius 3 is 2.77 bits per heavy atom. The van der Waals surface area contributed by atoms with Crippen LogP contribution in [-0.2, 0) is 16.1 Å². The van der Waals surface area contributed by atoms with Gasteiger partial charge in [0.2, 0.25) is 17.0 Å². The number of hydrogen-bond acceptors (Lipinski definition) is 7. The predicted octanol–water partition coefficient (Wildman–Crippen LogP) is 2.20. The molecule has 0 aliphatic carbocycles. The molecule has 0 unspecified atom stereocenters. The number of benzene rings is 2. The normalized spacial score (nSPS) is 14.1. The predicted molar refractivity (Wildman–Crippen MR) is 113 cm³/mol. The number of carbonyl (C=O) groups is 2. The van der Waals surface area contributed by atoms with Gasteiger partial charge in [0, 0.05) is 0 Å². The Morgan fingerprint density at radius 2 is 2.00 bits per heavy atom. The number of rotatable bonds is 6. The van der Waals surface area contributed by atoms with Crippen molar-refractivity contribution in [2.75, 3.05) is 23.9 Å². The number of aromatic nitrogens is 4. The Kier molecular flexibility index (Phi) is 5.66. The van der Waals surface area contributed by atoms with Crippen LogP contribution in [0.1, 0.15) is 12.5 Å². The largest absolute Gasteiger partial charge is 0.497 e. The fraction of sp³-hybridized carbons (Fsp3) is 0.250. The third kappa shape index (κ3) is 4.13. The molecule has 0 saturated carbocycles. The molecular formula is C20H20N6O3S. The van der Waals surface area contributed by atoms with Crippen molar-refractivity contribution in [3.63, 3.8) is 0 Å². The van der Waals surface area contributed by atoms with Crippen molar-refractivity contribution in [3.05, 3.63) is 54.1 Å². The van der Waals surface area contributed by atoms with E-state index < -0.39 is 5.25 Å². The van der Waals surface area contributed by atoms with Crippen LogP contribution >= 0.6 is 11.8 Å². The zero-order chi connectivity index (χ0) is 21.1. The lowest BCUT2D eigenvalue weighted by atomic mass is 10.2. The average Bonchev–Trinajstić information content (AvgIpc) is 3.19. The molecule has 1 aliphatic heterocycles. The van der Waals surface area contributed by atoms with Crippen molar-refractivity contribution in [2.45, 2.75) is 23.9 Å². The molecule has 0 spiro atoms. The molecule has 1 atom stereocenters. The smallest absolute Gasteiger partial charge is 0.244 e. The van der Waals surface area contributed by atoms with Crippen molar-refractivity contribution in [2.24, 2.45) is 0 Å². The van der Waals surface area contributed by atoms with Gasteiger partial charge in [0.15, 0.2) is 0 Å². The molecule has 0 fully saturated rings. The van der Waals surface area contributed by atoms with Crippen molar-refractivity contribution in [1.29, 1.82) is 0 Å². The SMILES string of the molecule is COc1ccc(Cn2nnnc2S[C@@H](C)C(=O)N2CC(=O)Nc3ccccc32)cc1. The second-order valence-corrected chi connectivity index (χ2v) is 8.02. The molecule has 9 nitrogen and oxygen atoms in total. The first-order valence-corrected chi connectivity index (χ1v) is 10.2. The topological polar surface area (TPSA) is 102 Å². The molecule has 3 aromatic rings. The number of fused-ring (bicyclic) bond motifs is 1. The number of nitrogens with zero attached hydrogens (tertiary/aromatic N) is 5. The van der Waals surface area contributed by atoms with E-state index in [2.05, 4.69) is 20.8 Å². The fourth-order valence-corrected chi connectivity index (χ4v) is 3.99. The average molecular weight is 424 g/mol. The second kappa shape index (κ2) is 8.54. The molecular weight excluding hydrogens is 404 g/mol. The van der Waals surface area contributed by atoms with E-state index in [-0.39, 0.29) is 18.4 Å². The van der Waals surface area contributed by atoms with Gasteiger partial charge in [-0.1, -0.05) is 36.0 Å². The standard InChI is InChI=1S/C20H20N6O3S/c1-13(19(28)25-12-18(27)21-16-5-3-4-6-17(16)25)30-20-22-23-24-26(20)11-14-7-9-15(29-2)10-8-14/h3-10,13H,11-12H2,1-2H3,(H,21,27)/t13-/m0/s1. The van der Waals surface area contributed by atoms with Gasteiger partial charge in [-0.2, -0.15) is 0 Å². The molecule has 30 heavy (non-hydrogen) atoms. The van der Waals surface area contributed by atoms with Crippen molar-refractivity contribution in [3.8, 4) is 5.75 Å². The number of anilines is 2. The van der Waals surface area contributed by atoms with E-state index in [1.807, 2.05) is 42.5 Å². The highest BCUT2D eigenvalue weighted by Crippen LogP contribution is 2.31. The molecule has 4 rings (SSSR count). The van der Waals surface area contributed by atoms with E-state index in [0.717, 1.165) is 11.3 Å². The van der Waals surface area contributed by atoms with Crippen LogP contribution in [0.4, 0.5) is 11.4 Å². The summed E-state index contributed by atoms with van der Waals surface area (Å²) in [6.07, 6.45) is 0. The highest BCUT2D eigenvalue weighted by molar-refractivity contribution is 8.00. The van der Waals surface area contributed by atoms with Gasteiger partial charge < -0.3 is 10.1 Å². The lowest BCUT2D eigenvalue weighted by Crippen LogP contribution is -2.45. The van der Waals surface area contributed by atoms with Gasteiger partial charge in [-0.05, 0) is 47.2 Å². The highest BCUT2D eigenvalue weighted by atomic mass is 32.2. The minimum atomic E-state index is -0.482. The molecule has 0 saturated heterocycles. The van der Waals surface area contributed by atoms with Crippen molar-refractivity contribution in [1.82, 2.24) is 20.2 Å². The monoisotopic (exact) mass is 424 g/mol. The number of carbonyl (C=O) groups excluding carboxylic acids is 2. The second-order valence-electron chi connectivity index (χ2n) is 6.72. The molecule has 0 bridgehead atoms. The molecule has 1 aliphatic rings. The maximum atomic E-state index is 13.1. The van der Waals surface area contributed by atoms with Gasteiger partial charge in [-0.25, -0.2) is 4.68 Å². The van der Waals surface area contributed by atoms with E-state index in [1.165, 1.54) is 16.7 Å². The van der Waals surface area contributed by atoms with E-state index in [0.29, 0.717) is 23.1 Å². The Hall–Kier alpha value is -3.40. The van der Waals surface area contributed by atoms with Crippen LogP contribution in [0, 0.1) is 0 Å². The first-order valence-electron chi connectivity index (χ1n) is 9.31. The number of ether oxygens (including phenoxy) is 1. The summed E-state index contributed by atoms with van der Waals surface area (Å²) in [5.74, 6) is 0.375. The van der Waals surface area contributed by atoms with Crippen LogP contribution < -0.4 is 15.0 Å². The summed E-state index contributed by atoms with van der Waals surface area (Å²) in [6.45, 7) is 2.24. The number of nitrogens with one attached hydrogen (secondary N) is 1. The number of amides is 2. The zero-order valence-electron chi connectivity index (χ0n) is 16.5. The van der Waals surface area contributed by atoms with Crippen LogP contribution in [0.15, 0.2) is 53.7 Å². The van der Waals surface area contributed by atoms with Gasteiger partial charge in [0.05, 0.1) is 30.3 Å². The van der Waals surface area contributed by atoms with Gasteiger partial charge in [0.1, 0.15) is 12.3 Å². The third-order valence-corrected chi connectivity index (χ3v) is 5.72. The van der Waals surface area contributed by atoms with Gasteiger partial charge in [-0.3, -0.25) is 14.5 Å². The van der Waals surface area contributed by atoms with E-state index >= 15 is 0 Å². The van der Waals surface area contributed by atoms with Gasteiger partial charge in [-0.15, -0.1) is 5.10 Å².